The second-order valence-electron chi connectivity index (χ2n) is 28.5. The summed E-state index contributed by atoms with van der Waals surface area (Å²) in [5.74, 6) is -0.549. The molecule has 0 radical (unpaired) electrons. The summed E-state index contributed by atoms with van der Waals surface area (Å²) in [6, 6.07) is 0. The van der Waals surface area contributed by atoms with Crippen molar-refractivity contribution in [2.75, 3.05) is 39.6 Å². The first kappa shape index (κ1) is 94.1. The Labute approximate surface area is 588 Å². The zero-order valence-corrected chi connectivity index (χ0v) is 64.5. The molecular weight excluding hydrogens is 1260 g/mol. The number of carbonyl (C=O) groups excluding carboxylic acids is 4. The molecule has 0 heterocycles. The van der Waals surface area contributed by atoms with Gasteiger partial charge in [-0.3, -0.25) is 37.3 Å². The normalized spacial score (nSPS) is 14.3. The number of carbonyl (C=O) groups is 4. The van der Waals surface area contributed by atoms with E-state index in [1.165, 1.54) is 218 Å². The van der Waals surface area contributed by atoms with E-state index in [1.807, 2.05) is 0 Å². The SMILES string of the molecule is CCCCCCCCCCCCCCCCCCC(=O)OC[C@H](COP(=O)(O)OC[C@@H](O)COP(=O)(O)OC[C@@H](COC(=O)CCCCCCCCCCCCC)OC(=O)CCCCCCCCCCC(C)CC)OC(=O)CCCCCCCCCCCCCCCCC(C)C. The van der Waals surface area contributed by atoms with Gasteiger partial charge in [0.05, 0.1) is 26.4 Å². The summed E-state index contributed by atoms with van der Waals surface area (Å²) in [6.07, 6.45) is 56.7. The lowest BCUT2D eigenvalue weighted by Gasteiger charge is -2.21. The van der Waals surface area contributed by atoms with Crippen LogP contribution < -0.4 is 0 Å². The van der Waals surface area contributed by atoms with Crippen molar-refractivity contribution in [1.82, 2.24) is 0 Å². The van der Waals surface area contributed by atoms with Crippen LogP contribution in [0.3, 0.4) is 0 Å². The number of ether oxygens (including phenoxy) is 4. The molecule has 6 atom stereocenters. The van der Waals surface area contributed by atoms with Crippen LogP contribution in [-0.4, -0.2) is 96.7 Å². The van der Waals surface area contributed by atoms with Crippen molar-refractivity contribution < 1.29 is 80.2 Å². The highest BCUT2D eigenvalue weighted by atomic mass is 31.2. The smallest absolute Gasteiger partial charge is 0.462 e. The molecule has 0 aromatic rings. The summed E-state index contributed by atoms with van der Waals surface area (Å²) in [5, 5.41) is 10.6. The Morgan fingerprint density at radius 2 is 0.531 bits per heavy atom. The van der Waals surface area contributed by atoms with Crippen LogP contribution in [0, 0.1) is 11.8 Å². The van der Waals surface area contributed by atoms with Gasteiger partial charge in [-0.05, 0) is 37.5 Å². The summed E-state index contributed by atoms with van der Waals surface area (Å²) < 4.78 is 68.6. The molecular formula is C77H150O17P2. The Bertz CT molecular complexity index is 1860. The number of aliphatic hydroxyl groups excluding tert-OH is 1. The third kappa shape index (κ3) is 69.2. The van der Waals surface area contributed by atoms with Crippen LogP contribution in [-0.2, 0) is 65.4 Å². The zero-order valence-electron chi connectivity index (χ0n) is 62.7. The van der Waals surface area contributed by atoms with Crippen LogP contribution in [0.25, 0.3) is 0 Å². The summed E-state index contributed by atoms with van der Waals surface area (Å²) >= 11 is 0. The summed E-state index contributed by atoms with van der Waals surface area (Å²) in [7, 11) is -9.91. The molecule has 570 valence electrons. The average Bonchev–Trinajstić information content (AvgIpc) is 1.31. The van der Waals surface area contributed by atoms with Gasteiger partial charge in [0.15, 0.2) is 12.2 Å². The number of hydrogen-bond donors (Lipinski definition) is 3. The number of rotatable bonds is 76. The minimum absolute atomic E-state index is 0.105. The lowest BCUT2D eigenvalue weighted by Crippen LogP contribution is -2.30. The molecule has 17 nitrogen and oxygen atoms in total. The Kier molecular flexibility index (Phi) is 67.4. The monoisotopic (exact) mass is 1410 g/mol. The van der Waals surface area contributed by atoms with Gasteiger partial charge in [-0.15, -0.1) is 0 Å². The van der Waals surface area contributed by atoms with Gasteiger partial charge in [0.25, 0.3) is 0 Å². The first-order valence-corrected chi connectivity index (χ1v) is 43.0. The molecule has 0 spiro atoms. The van der Waals surface area contributed by atoms with Crippen LogP contribution in [0.1, 0.15) is 401 Å². The van der Waals surface area contributed by atoms with Gasteiger partial charge in [-0.25, -0.2) is 9.13 Å². The molecule has 0 aromatic carbocycles. The van der Waals surface area contributed by atoms with Gasteiger partial charge in [-0.2, -0.15) is 0 Å². The molecule has 0 aromatic heterocycles. The van der Waals surface area contributed by atoms with Crippen molar-refractivity contribution >= 4 is 39.5 Å². The van der Waals surface area contributed by atoms with E-state index in [-0.39, 0.29) is 25.7 Å². The zero-order chi connectivity index (χ0) is 70.7. The summed E-state index contributed by atoms with van der Waals surface area (Å²) in [6.45, 7) is 9.62. The van der Waals surface area contributed by atoms with Gasteiger partial charge in [0.1, 0.15) is 19.3 Å². The van der Waals surface area contributed by atoms with Crippen LogP contribution in [0.4, 0.5) is 0 Å². The first-order chi connectivity index (χ1) is 46.4. The maximum atomic E-state index is 13.1. The van der Waals surface area contributed by atoms with Gasteiger partial charge in [-0.1, -0.05) is 350 Å². The summed E-state index contributed by atoms with van der Waals surface area (Å²) in [5.41, 5.74) is 0. The molecule has 0 bridgehead atoms. The van der Waals surface area contributed by atoms with Gasteiger partial charge in [0, 0.05) is 25.7 Å². The average molecular weight is 1410 g/mol. The van der Waals surface area contributed by atoms with Crippen LogP contribution >= 0.6 is 15.6 Å². The molecule has 0 saturated carbocycles. The van der Waals surface area contributed by atoms with E-state index in [0.717, 1.165) is 102 Å². The highest BCUT2D eigenvalue weighted by Gasteiger charge is 2.30. The lowest BCUT2D eigenvalue weighted by atomic mass is 9.99. The van der Waals surface area contributed by atoms with E-state index in [4.69, 9.17) is 37.0 Å². The molecule has 0 aliphatic heterocycles. The largest absolute Gasteiger partial charge is 0.472 e. The van der Waals surface area contributed by atoms with Crippen LogP contribution in [0.5, 0.6) is 0 Å². The van der Waals surface area contributed by atoms with Crippen molar-refractivity contribution in [3.05, 3.63) is 0 Å². The lowest BCUT2D eigenvalue weighted by molar-refractivity contribution is -0.161. The standard InChI is InChI=1S/C77H150O17P2/c1-7-10-12-14-16-18-20-21-22-23-27-31-35-42-48-54-60-75(80)88-65-72(93-76(81)61-55-49-43-36-32-28-25-24-26-30-33-39-45-51-57-69(4)5)67-91-95(83,84)89-63-71(78)64-90-96(85,86)92-68-73(66-87-74(79)59-53-47-41-34-29-19-17-15-13-11-8-2)94-77(82)62-56-50-44-38-37-40-46-52-58-70(6)9-3/h69-73,78H,7-68H2,1-6H3,(H,83,84)(H,85,86)/t70?,71-,72-,73-/m1/s1. The molecule has 3 N–H and O–H groups in total. The van der Waals surface area contributed by atoms with Crippen LogP contribution in [0.15, 0.2) is 0 Å². The molecule has 0 rings (SSSR count). The minimum atomic E-state index is -4.96. The number of esters is 4. The van der Waals surface area contributed by atoms with Gasteiger partial charge < -0.3 is 33.8 Å². The number of phosphoric ester groups is 2. The van der Waals surface area contributed by atoms with E-state index in [0.29, 0.717) is 25.7 Å². The molecule has 0 saturated heterocycles. The third-order valence-corrected chi connectivity index (χ3v) is 20.2. The molecule has 96 heavy (non-hydrogen) atoms. The Morgan fingerprint density at radius 1 is 0.302 bits per heavy atom. The molecule has 0 fully saturated rings. The predicted octanol–water partition coefficient (Wildman–Crippen LogP) is 22.7. The second-order valence-corrected chi connectivity index (χ2v) is 31.4. The van der Waals surface area contributed by atoms with Gasteiger partial charge >= 0.3 is 39.5 Å². The fraction of sp³-hybridized carbons (Fsp3) is 0.948. The summed E-state index contributed by atoms with van der Waals surface area (Å²) in [4.78, 5) is 72.9. The molecule has 0 aliphatic rings. The predicted molar refractivity (Wildman–Crippen MR) is 391 cm³/mol. The molecule has 0 aliphatic carbocycles. The van der Waals surface area contributed by atoms with Crippen molar-refractivity contribution in [2.45, 2.75) is 419 Å². The Hall–Kier alpha value is -1.94. The molecule has 3 unspecified atom stereocenters. The quantitative estimate of drug-likeness (QED) is 0.0222. The van der Waals surface area contributed by atoms with E-state index < -0.39 is 97.5 Å². The number of hydrogen-bond acceptors (Lipinski definition) is 15. The van der Waals surface area contributed by atoms with E-state index in [1.54, 1.807) is 0 Å². The van der Waals surface area contributed by atoms with E-state index >= 15 is 0 Å². The maximum absolute atomic E-state index is 13.1. The first-order valence-electron chi connectivity index (χ1n) is 40.0. The fourth-order valence-electron chi connectivity index (χ4n) is 11.8. The number of phosphoric acid groups is 2. The Balaban J connectivity index is 5.25. The Morgan fingerprint density at radius 3 is 0.792 bits per heavy atom. The van der Waals surface area contributed by atoms with Crippen LogP contribution in [0.2, 0.25) is 0 Å². The van der Waals surface area contributed by atoms with Crippen molar-refractivity contribution in [3.8, 4) is 0 Å². The minimum Gasteiger partial charge on any atom is -0.462 e. The van der Waals surface area contributed by atoms with E-state index in [2.05, 4.69) is 41.5 Å². The van der Waals surface area contributed by atoms with E-state index in [9.17, 15) is 43.2 Å². The number of unbranched alkanes of at least 4 members (excludes halogenated alkanes) is 45. The van der Waals surface area contributed by atoms with Crippen molar-refractivity contribution in [2.24, 2.45) is 11.8 Å². The van der Waals surface area contributed by atoms with Crippen molar-refractivity contribution in [3.63, 3.8) is 0 Å². The fourth-order valence-corrected chi connectivity index (χ4v) is 13.4. The maximum Gasteiger partial charge on any atom is 0.472 e. The topological polar surface area (TPSA) is 237 Å². The molecule has 19 heteroatoms. The van der Waals surface area contributed by atoms with Crippen molar-refractivity contribution in [1.29, 1.82) is 0 Å². The number of aliphatic hydroxyl groups is 1. The third-order valence-electron chi connectivity index (χ3n) is 18.3. The second kappa shape index (κ2) is 68.8. The highest BCUT2D eigenvalue weighted by Crippen LogP contribution is 2.45. The highest BCUT2D eigenvalue weighted by molar-refractivity contribution is 7.47. The molecule has 0 amide bonds. The van der Waals surface area contributed by atoms with Gasteiger partial charge in [0.2, 0.25) is 0 Å².